The fraction of sp³-hybridized carbons (Fsp3) is 0.481. The number of carboxylic acid groups (broad SMARTS) is 1. The van der Waals surface area contributed by atoms with Crippen molar-refractivity contribution in [3.05, 3.63) is 58.7 Å². The third-order valence-corrected chi connectivity index (χ3v) is 8.62. The fourth-order valence-electron chi connectivity index (χ4n) is 5.00. The SMILES string of the molecule is Cc1cc(C)c(S(=O)(=O)Nc2ccc(C3(C(=O)NC4CCCCC4)CC3)cc2)c(C)c1.O=C(O)C(F)(F)F. The molecule has 1 amide bonds. The van der Waals surface area contributed by atoms with E-state index in [4.69, 9.17) is 9.90 Å². The molecule has 4 rings (SSSR count). The first kappa shape index (κ1) is 29.5. The molecule has 7 nitrogen and oxygen atoms in total. The zero-order chi connectivity index (χ0) is 28.3. The lowest BCUT2D eigenvalue weighted by molar-refractivity contribution is -0.192. The number of amides is 1. The van der Waals surface area contributed by atoms with Gasteiger partial charge in [0.2, 0.25) is 5.91 Å². The molecule has 2 aliphatic rings. The van der Waals surface area contributed by atoms with Crippen molar-refractivity contribution in [2.45, 2.75) is 88.2 Å². The molecule has 0 atom stereocenters. The number of halogens is 3. The maximum Gasteiger partial charge on any atom is 0.490 e. The molecule has 0 spiro atoms. The molecular weight excluding hydrogens is 521 g/mol. The maximum absolute atomic E-state index is 13.0. The molecule has 38 heavy (non-hydrogen) atoms. The number of nitrogens with one attached hydrogen (secondary N) is 2. The number of alkyl halides is 3. The molecule has 0 unspecified atom stereocenters. The van der Waals surface area contributed by atoms with Gasteiger partial charge in [-0.15, -0.1) is 0 Å². The molecule has 0 saturated heterocycles. The summed E-state index contributed by atoms with van der Waals surface area (Å²) in [6, 6.07) is 11.4. The van der Waals surface area contributed by atoms with Crippen molar-refractivity contribution in [3.63, 3.8) is 0 Å². The number of hydrogen-bond acceptors (Lipinski definition) is 4. The van der Waals surface area contributed by atoms with E-state index < -0.39 is 27.6 Å². The Hall–Kier alpha value is -3.08. The van der Waals surface area contributed by atoms with Gasteiger partial charge < -0.3 is 10.4 Å². The normalized spacial score (nSPS) is 17.1. The first-order valence-electron chi connectivity index (χ1n) is 12.5. The predicted molar refractivity (Wildman–Crippen MR) is 138 cm³/mol. The highest BCUT2D eigenvalue weighted by molar-refractivity contribution is 7.92. The van der Waals surface area contributed by atoms with Crippen molar-refractivity contribution in [2.24, 2.45) is 0 Å². The molecule has 2 fully saturated rings. The van der Waals surface area contributed by atoms with E-state index in [2.05, 4.69) is 10.0 Å². The second-order valence-electron chi connectivity index (χ2n) is 10.1. The summed E-state index contributed by atoms with van der Waals surface area (Å²) < 4.78 is 60.4. The lowest BCUT2D eigenvalue weighted by Crippen LogP contribution is -2.42. The van der Waals surface area contributed by atoms with Crippen molar-refractivity contribution in [1.29, 1.82) is 0 Å². The lowest BCUT2D eigenvalue weighted by atomic mass is 9.91. The highest BCUT2D eigenvalue weighted by atomic mass is 32.2. The van der Waals surface area contributed by atoms with Crippen LogP contribution in [0.5, 0.6) is 0 Å². The van der Waals surface area contributed by atoms with Crippen LogP contribution in [-0.2, 0) is 25.0 Å². The molecule has 0 heterocycles. The molecule has 0 aromatic heterocycles. The Labute approximate surface area is 220 Å². The molecule has 2 saturated carbocycles. The second kappa shape index (κ2) is 11.3. The van der Waals surface area contributed by atoms with Crippen LogP contribution in [0.25, 0.3) is 0 Å². The van der Waals surface area contributed by atoms with Crippen LogP contribution in [0.2, 0.25) is 0 Å². The Bertz CT molecular complexity index is 1260. The van der Waals surface area contributed by atoms with Gasteiger partial charge in [0, 0.05) is 11.7 Å². The summed E-state index contributed by atoms with van der Waals surface area (Å²) in [6.07, 6.45) is 2.38. The molecule has 2 aliphatic carbocycles. The number of rotatable bonds is 6. The van der Waals surface area contributed by atoms with Gasteiger partial charge in [-0.3, -0.25) is 9.52 Å². The Balaban J connectivity index is 0.000000505. The first-order chi connectivity index (χ1) is 17.7. The van der Waals surface area contributed by atoms with Crippen LogP contribution in [0.4, 0.5) is 18.9 Å². The molecule has 0 bridgehead atoms. The number of aryl methyl sites for hydroxylation is 3. The molecule has 2 aromatic rings. The van der Waals surface area contributed by atoms with E-state index >= 15 is 0 Å². The summed E-state index contributed by atoms with van der Waals surface area (Å²) in [7, 11) is -3.69. The highest BCUT2D eigenvalue weighted by Gasteiger charge is 2.51. The van der Waals surface area contributed by atoms with Crippen LogP contribution in [0.3, 0.4) is 0 Å². The highest BCUT2D eigenvalue weighted by Crippen LogP contribution is 2.49. The van der Waals surface area contributed by atoms with Gasteiger partial charge in [0.25, 0.3) is 10.0 Å². The molecule has 2 aromatic carbocycles. The minimum absolute atomic E-state index is 0.124. The third-order valence-electron chi connectivity index (χ3n) is 6.93. The van der Waals surface area contributed by atoms with Gasteiger partial charge in [0.15, 0.2) is 0 Å². The fourth-order valence-corrected chi connectivity index (χ4v) is 6.51. The van der Waals surface area contributed by atoms with Gasteiger partial charge in [0.1, 0.15) is 0 Å². The molecule has 0 radical (unpaired) electrons. The molecule has 0 aliphatic heterocycles. The van der Waals surface area contributed by atoms with Gasteiger partial charge in [-0.1, -0.05) is 49.1 Å². The Kier molecular flexibility index (Phi) is 8.80. The zero-order valence-corrected chi connectivity index (χ0v) is 22.4. The number of carbonyl (C=O) groups excluding carboxylic acids is 1. The van der Waals surface area contributed by atoms with Gasteiger partial charge in [-0.05, 0) is 75.3 Å². The first-order valence-corrected chi connectivity index (χ1v) is 14.0. The number of hydrogen-bond donors (Lipinski definition) is 3. The van der Waals surface area contributed by atoms with E-state index in [-0.39, 0.29) is 5.91 Å². The van der Waals surface area contributed by atoms with E-state index in [1.54, 1.807) is 12.1 Å². The van der Waals surface area contributed by atoms with Crippen molar-refractivity contribution >= 4 is 27.6 Å². The smallest absolute Gasteiger partial charge is 0.475 e. The summed E-state index contributed by atoms with van der Waals surface area (Å²) in [6.45, 7) is 5.60. The van der Waals surface area contributed by atoms with Gasteiger partial charge in [-0.25, -0.2) is 13.2 Å². The number of carboxylic acids is 1. The molecule has 11 heteroatoms. The lowest BCUT2D eigenvalue weighted by Gasteiger charge is -2.25. The number of aliphatic carboxylic acids is 1. The second-order valence-corrected chi connectivity index (χ2v) is 11.7. The monoisotopic (exact) mass is 554 g/mol. The van der Waals surface area contributed by atoms with Crippen LogP contribution in [0, 0.1) is 20.8 Å². The summed E-state index contributed by atoms with van der Waals surface area (Å²) in [4.78, 5) is 22.2. The quantitative estimate of drug-likeness (QED) is 0.435. The largest absolute Gasteiger partial charge is 0.490 e. The van der Waals surface area contributed by atoms with Crippen molar-refractivity contribution in [1.82, 2.24) is 5.32 Å². The van der Waals surface area contributed by atoms with E-state index in [0.717, 1.165) is 47.9 Å². The molecule has 208 valence electrons. The summed E-state index contributed by atoms with van der Waals surface area (Å²) >= 11 is 0. The van der Waals surface area contributed by atoms with Gasteiger partial charge >= 0.3 is 12.1 Å². The number of sulfonamides is 1. The van der Waals surface area contributed by atoms with Crippen molar-refractivity contribution < 1.29 is 36.3 Å². The van der Waals surface area contributed by atoms with Crippen molar-refractivity contribution in [3.8, 4) is 0 Å². The number of carbonyl (C=O) groups is 2. The van der Waals surface area contributed by atoms with E-state index in [0.29, 0.717) is 16.6 Å². The summed E-state index contributed by atoms with van der Waals surface area (Å²) in [5.74, 6) is -2.63. The van der Waals surface area contributed by atoms with Crippen molar-refractivity contribution in [2.75, 3.05) is 4.72 Å². The van der Waals surface area contributed by atoms with Crippen LogP contribution in [0.1, 0.15) is 67.2 Å². The Morgan fingerprint density at radius 2 is 1.45 bits per heavy atom. The van der Waals surface area contributed by atoms with Crippen LogP contribution < -0.4 is 10.0 Å². The zero-order valence-electron chi connectivity index (χ0n) is 21.6. The minimum atomic E-state index is -5.08. The number of benzene rings is 2. The van der Waals surface area contributed by atoms with E-state index in [9.17, 15) is 26.4 Å². The average molecular weight is 555 g/mol. The molecular formula is C27H33F3N2O5S. The predicted octanol–water partition coefficient (Wildman–Crippen LogP) is 5.53. The standard InChI is InChI=1S/C25H32N2O3S.C2HF3O2/c1-17-15-18(2)23(19(3)16-17)31(29,30)27-22-11-9-20(10-12-22)25(13-14-25)24(28)26-21-7-5-4-6-8-21;3-2(4,5)1(6)7/h9-12,15-16,21,27H,4-8,13-14H2,1-3H3,(H,26,28);(H,6,7). The molecule has 3 N–H and O–H groups in total. The summed E-state index contributed by atoms with van der Waals surface area (Å²) in [5, 5.41) is 10.4. The maximum atomic E-state index is 13.0. The Morgan fingerprint density at radius 1 is 0.947 bits per heavy atom. The number of anilines is 1. The summed E-state index contributed by atoms with van der Waals surface area (Å²) in [5.41, 5.74) is 3.53. The van der Waals surface area contributed by atoms with Gasteiger partial charge in [-0.2, -0.15) is 13.2 Å². The average Bonchev–Trinajstić information content (AvgIpc) is 3.61. The van der Waals surface area contributed by atoms with Crippen LogP contribution in [-0.4, -0.2) is 37.6 Å². The van der Waals surface area contributed by atoms with E-state index in [1.165, 1.54) is 19.3 Å². The van der Waals surface area contributed by atoms with E-state index in [1.807, 2.05) is 45.0 Å². The Morgan fingerprint density at radius 3 is 1.89 bits per heavy atom. The van der Waals surface area contributed by atoms with Gasteiger partial charge in [0.05, 0.1) is 10.3 Å². The topological polar surface area (TPSA) is 113 Å². The van der Waals surface area contributed by atoms with Crippen LogP contribution in [0.15, 0.2) is 41.3 Å². The van der Waals surface area contributed by atoms with Crippen LogP contribution >= 0.6 is 0 Å². The minimum Gasteiger partial charge on any atom is -0.475 e. The third kappa shape index (κ3) is 7.06.